The van der Waals surface area contributed by atoms with Crippen LogP contribution in [0.4, 0.5) is 0 Å². The van der Waals surface area contributed by atoms with Crippen molar-refractivity contribution < 1.29 is 14.3 Å². The molecule has 3 N–H and O–H groups in total. The summed E-state index contributed by atoms with van der Waals surface area (Å²) in [6, 6.07) is 5.42. The number of carbonyl (C=O) groups is 1. The number of methoxy groups -OCH3 is 2. The first-order chi connectivity index (χ1) is 9.60. The Morgan fingerprint density at radius 3 is 2.70 bits per heavy atom. The van der Waals surface area contributed by atoms with Gasteiger partial charge in [0.25, 0.3) is 0 Å². The third-order valence-electron chi connectivity index (χ3n) is 3.07. The van der Waals surface area contributed by atoms with Crippen LogP contribution >= 0.6 is 0 Å². The minimum atomic E-state index is -0.0767. The number of hydrogen-bond donors (Lipinski definition) is 2. The molecule has 0 fully saturated rings. The van der Waals surface area contributed by atoms with Gasteiger partial charge in [-0.25, -0.2) is 0 Å². The first kappa shape index (κ1) is 16.3. The predicted octanol–water partition coefficient (Wildman–Crippen LogP) is 1.84. The molecule has 0 aliphatic heterocycles. The van der Waals surface area contributed by atoms with E-state index in [0.717, 1.165) is 29.9 Å². The van der Waals surface area contributed by atoms with Gasteiger partial charge in [-0.15, -0.1) is 0 Å². The molecule has 1 amide bonds. The summed E-state index contributed by atoms with van der Waals surface area (Å²) in [6.45, 7) is 2.46. The van der Waals surface area contributed by atoms with E-state index >= 15 is 0 Å². The van der Waals surface area contributed by atoms with E-state index in [9.17, 15) is 4.79 Å². The second-order valence-corrected chi connectivity index (χ2v) is 4.71. The molecule has 5 heteroatoms. The Morgan fingerprint density at radius 1 is 1.35 bits per heavy atom. The highest BCUT2D eigenvalue weighted by Gasteiger charge is 2.10. The standard InChI is InChI=1S/C15H24N2O3/c1-4-5-12(16)9-15(18)17-10-11-8-13(19-2)6-7-14(11)20-3/h6-8,12H,4-5,9-10,16H2,1-3H3,(H,17,18). The van der Waals surface area contributed by atoms with Crippen LogP contribution in [-0.4, -0.2) is 26.2 Å². The number of amides is 1. The summed E-state index contributed by atoms with van der Waals surface area (Å²) < 4.78 is 10.4. The van der Waals surface area contributed by atoms with Gasteiger partial charge in [0, 0.05) is 24.6 Å². The minimum absolute atomic E-state index is 0.0455. The maximum Gasteiger partial charge on any atom is 0.221 e. The van der Waals surface area contributed by atoms with Crippen LogP contribution in [0.2, 0.25) is 0 Å². The van der Waals surface area contributed by atoms with Gasteiger partial charge in [-0.05, 0) is 24.6 Å². The molecule has 0 aliphatic carbocycles. The van der Waals surface area contributed by atoms with Crippen LogP contribution in [0.5, 0.6) is 11.5 Å². The molecule has 1 unspecified atom stereocenters. The molecule has 20 heavy (non-hydrogen) atoms. The Morgan fingerprint density at radius 2 is 2.10 bits per heavy atom. The molecule has 0 spiro atoms. The highest BCUT2D eigenvalue weighted by atomic mass is 16.5. The van der Waals surface area contributed by atoms with Gasteiger partial charge in [0.15, 0.2) is 0 Å². The lowest BCUT2D eigenvalue weighted by Gasteiger charge is -2.13. The predicted molar refractivity (Wildman–Crippen MR) is 78.9 cm³/mol. The van der Waals surface area contributed by atoms with E-state index in [2.05, 4.69) is 12.2 Å². The van der Waals surface area contributed by atoms with E-state index in [0.29, 0.717) is 13.0 Å². The number of benzene rings is 1. The fraction of sp³-hybridized carbons (Fsp3) is 0.533. The fourth-order valence-corrected chi connectivity index (χ4v) is 2.00. The molecule has 0 radical (unpaired) electrons. The highest BCUT2D eigenvalue weighted by Crippen LogP contribution is 2.23. The smallest absolute Gasteiger partial charge is 0.221 e. The van der Waals surface area contributed by atoms with E-state index in [1.807, 2.05) is 18.2 Å². The maximum atomic E-state index is 11.8. The van der Waals surface area contributed by atoms with Gasteiger partial charge in [-0.1, -0.05) is 13.3 Å². The van der Waals surface area contributed by atoms with Crippen molar-refractivity contribution >= 4 is 5.91 Å². The zero-order valence-electron chi connectivity index (χ0n) is 12.4. The summed E-state index contributed by atoms with van der Waals surface area (Å²) in [4.78, 5) is 11.8. The van der Waals surface area contributed by atoms with Gasteiger partial charge in [0.1, 0.15) is 11.5 Å². The van der Waals surface area contributed by atoms with Crippen molar-refractivity contribution in [2.24, 2.45) is 5.73 Å². The topological polar surface area (TPSA) is 73.6 Å². The van der Waals surface area contributed by atoms with E-state index < -0.39 is 0 Å². The van der Waals surface area contributed by atoms with Gasteiger partial charge in [0.2, 0.25) is 5.91 Å². The average Bonchev–Trinajstić information content (AvgIpc) is 2.44. The van der Waals surface area contributed by atoms with Gasteiger partial charge in [-0.3, -0.25) is 4.79 Å². The van der Waals surface area contributed by atoms with E-state index in [-0.39, 0.29) is 11.9 Å². The summed E-state index contributed by atoms with van der Waals surface area (Å²) in [5.74, 6) is 1.41. The zero-order valence-corrected chi connectivity index (χ0v) is 12.4. The number of nitrogens with two attached hydrogens (primary N) is 1. The summed E-state index contributed by atoms with van der Waals surface area (Å²) in [6.07, 6.45) is 2.19. The third-order valence-corrected chi connectivity index (χ3v) is 3.07. The van der Waals surface area contributed by atoms with Gasteiger partial charge >= 0.3 is 0 Å². The number of nitrogens with one attached hydrogen (secondary N) is 1. The molecular weight excluding hydrogens is 256 g/mol. The molecule has 0 saturated heterocycles. The summed E-state index contributed by atoms with van der Waals surface area (Å²) in [7, 11) is 3.21. The van der Waals surface area contributed by atoms with Crippen molar-refractivity contribution in [1.82, 2.24) is 5.32 Å². The summed E-state index contributed by atoms with van der Waals surface area (Å²) in [5.41, 5.74) is 6.73. The molecule has 1 atom stereocenters. The molecule has 0 heterocycles. The van der Waals surface area contributed by atoms with Crippen LogP contribution in [0, 0.1) is 0 Å². The van der Waals surface area contributed by atoms with Crippen molar-refractivity contribution in [2.75, 3.05) is 14.2 Å². The van der Waals surface area contributed by atoms with Crippen molar-refractivity contribution in [3.8, 4) is 11.5 Å². The molecular formula is C15H24N2O3. The number of carbonyl (C=O) groups excluding carboxylic acids is 1. The van der Waals surface area contributed by atoms with Crippen LogP contribution in [0.25, 0.3) is 0 Å². The Labute approximate surface area is 120 Å². The van der Waals surface area contributed by atoms with Crippen molar-refractivity contribution in [3.63, 3.8) is 0 Å². The quantitative estimate of drug-likeness (QED) is 0.762. The molecule has 1 aromatic carbocycles. The molecule has 1 aromatic rings. The van der Waals surface area contributed by atoms with Crippen molar-refractivity contribution in [3.05, 3.63) is 23.8 Å². The minimum Gasteiger partial charge on any atom is -0.497 e. The molecule has 0 saturated carbocycles. The second kappa shape index (κ2) is 8.43. The SMILES string of the molecule is CCCC(N)CC(=O)NCc1cc(OC)ccc1OC. The lowest BCUT2D eigenvalue weighted by molar-refractivity contribution is -0.121. The number of hydrogen-bond acceptors (Lipinski definition) is 4. The average molecular weight is 280 g/mol. The second-order valence-electron chi connectivity index (χ2n) is 4.71. The molecule has 0 bridgehead atoms. The monoisotopic (exact) mass is 280 g/mol. The molecule has 5 nitrogen and oxygen atoms in total. The van der Waals surface area contributed by atoms with Gasteiger partial charge in [-0.2, -0.15) is 0 Å². The summed E-state index contributed by atoms with van der Waals surface area (Å²) >= 11 is 0. The van der Waals surface area contributed by atoms with E-state index in [1.165, 1.54) is 0 Å². The molecule has 1 rings (SSSR count). The Balaban J connectivity index is 2.57. The van der Waals surface area contributed by atoms with Crippen LogP contribution in [-0.2, 0) is 11.3 Å². The zero-order chi connectivity index (χ0) is 15.0. The number of ether oxygens (including phenoxy) is 2. The van der Waals surface area contributed by atoms with Crippen LogP contribution in [0.3, 0.4) is 0 Å². The fourth-order valence-electron chi connectivity index (χ4n) is 2.00. The first-order valence-electron chi connectivity index (χ1n) is 6.83. The van der Waals surface area contributed by atoms with Crippen molar-refractivity contribution in [2.45, 2.75) is 38.8 Å². The highest BCUT2D eigenvalue weighted by molar-refractivity contribution is 5.76. The van der Waals surface area contributed by atoms with Crippen LogP contribution in [0.1, 0.15) is 31.7 Å². The van der Waals surface area contributed by atoms with Crippen LogP contribution in [0.15, 0.2) is 18.2 Å². The first-order valence-corrected chi connectivity index (χ1v) is 6.83. The van der Waals surface area contributed by atoms with Crippen LogP contribution < -0.4 is 20.5 Å². The Kier molecular flexibility index (Phi) is 6.87. The van der Waals surface area contributed by atoms with E-state index in [1.54, 1.807) is 14.2 Å². The Hall–Kier alpha value is -1.75. The molecule has 0 aromatic heterocycles. The maximum absolute atomic E-state index is 11.8. The normalized spacial score (nSPS) is 11.8. The molecule has 112 valence electrons. The lowest BCUT2D eigenvalue weighted by Crippen LogP contribution is -2.31. The summed E-state index contributed by atoms with van der Waals surface area (Å²) in [5, 5.41) is 2.86. The Bertz CT molecular complexity index is 435. The van der Waals surface area contributed by atoms with Crippen molar-refractivity contribution in [1.29, 1.82) is 0 Å². The number of rotatable bonds is 8. The largest absolute Gasteiger partial charge is 0.497 e. The molecule has 0 aliphatic rings. The third kappa shape index (κ3) is 5.09. The van der Waals surface area contributed by atoms with E-state index in [4.69, 9.17) is 15.2 Å². The van der Waals surface area contributed by atoms with Gasteiger partial charge < -0.3 is 20.5 Å². The van der Waals surface area contributed by atoms with Gasteiger partial charge in [0.05, 0.1) is 14.2 Å². The lowest BCUT2D eigenvalue weighted by atomic mass is 10.1.